The predicted octanol–water partition coefficient (Wildman–Crippen LogP) is 5.84. The number of carbonyl (C=O) groups is 1. The Hall–Kier alpha value is -3.55. The van der Waals surface area contributed by atoms with Gasteiger partial charge in [0.2, 0.25) is 5.91 Å². The number of rotatable bonds is 7. The van der Waals surface area contributed by atoms with Crippen molar-refractivity contribution in [1.29, 1.82) is 0 Å². The highest BCUT2D eigenvalue weighted by Gasteiger charge is 2.14. The van der Waals surface area contributed by atoms with Crippen LogP contribution in [0.4, 0.5) is 38.5 Å². The number of nitrogens with one attached hydrogen (secondary N) is 3. The van der Waals surface area contributed by atoms with E-state index in [0.29, 0.717) is 22.1 Å². The van der Waals surface area contributed by atoms with Gasteiger partial charge in [0.05, 0.1) is 22.1 Å². The van der Waals surface area contributed by atoms with Crippen LogP contribution in [0.5, 0.6) is 0 Å². The van der Waals surface area contributed by atoms with Crippen LogP contribution in [0.3, 0.4) is 0 Å². The summed E-state index contributed by atoms with van der Waals surface area (Å²) in [6.07, 6.45) is 1.13. The predicted molar refractivity (Wildman–Crippen MR) is 139 cm³/mol. The van der Waals surface area contributed by atoms with Crippen molar-refractivity contribution in [2.75, 3.05) is 54.1 Å². The summed E-state index contributed by atoms with van der Waals surface area (Å²) in [5.41, 5.74) is 4.40. The van der Waals surface area contributed by atoms with Crippen LogP contribution >= 0.6 is 11.6 Å². The first-order valence-electron chi connectivity index (χ1n) is 11.0. The first kappa shape index (κ1) is 23.6. The zero-order valence-electron chi connectivity index (χ0n) is 18.9. The van der Waals surface area contributed by atoms with E-state index < -0.39 is 11.7 Å². The highest BCUT2D eigenvalue weighted by Crippen LogP contribution is 2.33. The summed E-state index contributed by atoms with van der Waals surface area (Å²) < 4.78 is 13.7. The minimum atomic E-state index is -0.466. The monoisotopic (exact) mass is 479 g/mol. The van der Waals surface area contributed by atoms with Gasteiger partial charge in [-0.15, -0.1) is 0 Å². The minimum Gasteiger partial charge on any atom is -0.369 e. The van der Waals surface area contributed by atoms with Gasteiger partial charge in [-0.2, -0.15) is 0 Å². The van der Waals surface area contributed by atoms with Gasteiger partial charge in [-0.05, 0) is 73.8 Å². The lowest BCUT2D eigenvalue weighted by Crippen LogP contribution is -2.44. The Morgan fingerprint density at radius 1 is 0.912 bits per heavy atom. The lowest BCUT2D eigenvalue weighted by Gasteiger charge is -2.34. The van der Waals surface area contributed by atoms with E-state index in [2.05, 4.69) is 63.6 Å². The molecule has 1 aliphatic rings. The first-order valence-corrected chi connectivity index (χ1v) is 11.4. The Balaban J connectivity index is 1.49. The average Bonchev–Trinajstić information content (AvgIpc) is 2.84. The number of carbonyl (C=O) groups excluding carboxylic acids is 1. The first-order chi connectivity index (χ1) is 16.4. The van der Waals surface area contributed by atoms with E-state index in [4.69, 9.17) is 11.6 Å². The maximum atomic E-state index is 13.7. The van der Waals surface area contributed by atoms with Gasteiger partial charge in [0.15, 0.2) is 0 Å². The highest BCUT2D eigenvalue weighted by atomic mass is 35.5. The van der Waals surface area contributed by atoms with Gasteiger partial charge in [0.25, 0.3) is 0 Å². The second-order valence-corrected chi connectivity index (χ2v) is 8.57. The van der Waals surface area contributed by atoms with E-state index >= 15 is 0 Å². The number of nitrogens with zero attached hydrogens (tertiary/aromatic N) is 2. The summed E-state index contributed by atoms with van der Waals surface area (Å²) >= 11 is 6.41. The van der Waals surface area contributed by atoms with Crippen LogP contribution in [0.25, 0.3) is 0 Å². The Morgan fingerprint density at radius 2 is 1.62 bits per heavy atom. The molecule has 0 aliphatic carbocycles. The molecule has 3 aromatic carbocycles. The van der Waals surface area contributed by atoms with E-state index in [1.807, 2.05) is 12.1 Å². The lowest BCUT2D eigenvalue weighted by atomic mass is 10.2. The van der Waals surface area contributed by atoms with E-state index in [-0.39, 0.29) is 0 Å². The number of anilines is 6. The van der Waals surface area contributed by atoms with Crippen molar-refractivity contribution in [1.82, 2.24) is 4.90 Å². The standard InChI is InChI=1S/C26H27ClFN5O/c1-3-26(34)31-25-16-18(28)4-11-23(25)30-24-17-20(7-10-22(24)27)29-19-5-8-21(9-6-19)33-14-12-32(2)13-15-33/h3-11,16-17,29-30H,1,12-15H2,2H3,(H,31,34). The molecule has 4 rings (SSSR count). The molecule has 1 amide bonds. The molecule has 1 aliphatic heterocycles. The molecule has 176 valence electrons. The van der Waals surface area contributed by atoms with Crippen molar-refractivity contribution < 1.29 is 9.18 Å². The lowest BCUT2D eigenvalue weighted by molar-refractivity contribution is -0.111. The third-order valence-electron chi connectivity index (χ3n) is 5.68. The fourth-order valence-electron chi connectivity index (χ4n) is 3.74. The van der Waals surface area contributed by atoms with Gasteiger partial charge >= 0.3 is 0 Å². The fourth-order valence-corrected chi connectivity index (χ4v) is 3.91. The molecule has 8 heteroatoms. The highest BCUT2D eigenvalue weighted by molar-refractivity contribution is 6.33. The summed E-state index contributed by atoms with van der Waals surface area (Å²) in [5.74, 6) is -0.901. The van der Waals surface area contributed by atoms with Gasteiger partial charge in [0.1, 0.15) is 5.82 Å². The Labute approximate surface area is 204 Å². The molecule has 1 heterocycles. The van der Waals surface area contributed by atoms with Crippen LogP contribution in [-0.4, -0.2) is 44.0 Å². The molecule has 34 heavy (non-hydrogen) atoms. The Morgan fingerprint density at radius 3 is 2.32 bits per heavy atom. The van der Waals surface area contributed by atoms with Crippen molar-refractivity contribution in [3.63, 3.8) is 0 Å². The third-order valence-corrected chi connectivity index (χ3v) is 6.01. The fraction of sp³-hybridized carbons (Fsp3) is 0.192. The molecular weight excluding hydrogens is 453 g/mol. The summed E-state index contributed by atoms with van der Waals surface area (Å²) in [7, 11) is 2.15. The van der Waals surface area contributed by atoms with Crippen LogP contribution in [0.15, 0.2) is 73.3 Å². The van der Waals surface area contributed by atoms with Crippen LogP contribution in [-0.2, 0) is 4.79 Å². The number of amides is 1. The average molecular weight is 480 g/mol. The maximum absolute atomic E-state index is 13.7. The molecule has 1 fully saturated rings. The Kier molecular flexibility index (Phi) is 7.35. The van der Waals surface area contributed by atoms with E-state index in [1.165, 1.54) is 17.8 Å². The van der Waals surface area contributed by atoms with Crippen molar-refractivity contribution in [2.24, 2.45) is 0 Å². The number of benzene rings is 3. The second kappa shape index (κ2) is 10.6. The molecule has 0 atom stereocenters. The van der Waals surface area contributed by atoms with Crippen LogP contribution in [0.2, 0.25) is 5.02 Å². The number of likely N-dealkylation sites (N-methyl/N-ethyl adjacent to an activating group) is 1. The van der Waals surface area contributed by atoms with Gasteiger partial charge in [-0.3, -0.25) is 4.79 Å². The molecule has 3 aromatic rings. The van der Waals surface area contributed by atoms with Gasteiger partial charge in [0, 0.05) is 43.2 Å². The van der Waals surface area contributed by atoms with Crippen LogP contribution < -0.4 is 20.9 Å². The van der Waals surface area contributed by atoms with Crippen molar-refractivity contribution >= 4 is 51.6 Å². The van der Waals surface area contributed by atoms with Crippen molar-refractivity contribution in [3.8, 4) is 0 Å². The molecule has 3 N–H and O–H groups in total. The number of piperazine rings is 1. The maximum Gasteiger partial charge on any atom is 0.247 e. The van der Waals surface area contributed by atoms with Gasteiger partial charge < -0.3 is 25.8 Å². The van der Waals surface area contributed by atoms with Crippen molar-refractivity contribution in [3.05, 3.63) is 84.2 Å². The summed E-state index contributed by atoms with van der Waals surface area (Å²) in [6.45, 7) is 7.60. The van der Waals surface area contributed by atoms with Crippen LogP contribution in [0.1, 0.15) is 0 Å². The topological polar surface area (TPSA) is 59.6 Å². The zero-order valence-corrected chi connectivity index (χ0v) is 19.7. The number of hydrogen-bond acceptors (Lipinski definition) is 5. The normalized spacial score (nSPS) is 13.9. The number of hydrogen-bond donors (Lipinski definition) is 3. The molecule has 0 spiro atoms. The molecule has 0 radical (unpaired) electrons. The van der Waals surface area contributed by atoms with E-state index in [9.17, 15) is 9.18 Å². The van der Waals surface area contributed by atoms with E-state index in [0.717, 1.165) is 43.6 Å². The molecule has 0 bridgehead atoms. The van der Waals surface area contributed by atoms with Crippen molar-refractivity contribution in [2.45, 2.75) is 0 Å². The summed E-state index contributed by atoms with van der Waals surface area (Å²) in [6, 6.07) is 18.0. The molecule has 0 aromatic heterocycles. The third kappa shape index (κ3) is 5.87. The van der Waals surface area contributed by atoms with Gasteiger partial charge in [-0.25, -0.2) is 4.39 Å². The Bertz CT molecular complexity index is 1180. The summed E-state index contributed by atoms with van der Waals surface area (Å²) in [4.78, 5) is 16.5. The van der Waals surface area contributed by atoms with Crippen LogP contribution in [0, 0.1) is 5.82 Å². The SMILES string of the molecule is C=CC(=O)Nc1cc(F)ccc1Nc1cc(Nc2ccc(N3CCN(C)CC3)cc2)ccc1Cl. The molecule has 0 unspecified atom stereocenters. The second-order valence-electron chi connectivity index (χ2n) is 8.17. The van der Waals surface area contributed by atoms with E-state index in [1.54, 1.807) is 12.1 Å². The van der Waals surface area contributed by atoms with Gasteiger partial charge in [-0.1, -0.05) is 18.2 Å². The number of halogens is 2. The quantitative estimate of drug-likeness (QED) is 0.371. The molecule has 0 saturated carbocycles. The smallest absolute Gasteiger partial charge is 0.247 e. The molecule has 1 saturated heterocycles. The molecular formula is C26H27ClFN5O. The minimum absolute atomic E-state index is 0.291. The summed E-state index contributed by atoms with van der Waals surface area (Å²) in [5, 5.41) is 9.66. The largest absolute Gasteiger partial charge is 0.369 e. The zero-order chi connectivity index (χ0) is 24.1. The molecule has 6 nitrogen and oxygen atoms in total.